The van der Waals surface area contributed by atoms with E-state index in [0.29, 0.717) is 24.5 Å². The molecule has 0 amide bonds. The van der Waals surface area contributed by atoms with Gasteiger partial charge in [-0.3, -0.25) is 0 Å². The molecule has 162 valence electrons. The normalized spacial score (nSPS) is 18.2. The highest BCUT2D eigenvalue weighted by Crippen LogP contribution is 2.27. The average molecular weight is 451 g/mol. The molecular formula is C21H28Cl2N6O. The second-order valence-electron chi connectivity index (χ2n) is 7.10. The number of aryl methyl sites for hydroxylation is 1. The molecule has 0 spiro atoms. The van der Waals surface area contributed by atoms with E-state index in [-0.39, 0.29) is 24.8 Å². The van der Waals surface area contributed by atoms with E-state index in [2.05, 4.69) is 62.4 Å². The monoisotopic (exact) mass is 450 g/mol. The quantitative estimate of drug-likeness (QED) is 0.599. The summed E-state index contributed by atoms with van der Waals surface area (Å²) in [5.41, 5.74) is 3.35. The molecule has 1 saturated heterocycles. The SMILES string of the molecule is COc1ccc(-c2nnn(C)n2)cc1CN[C@H]1CCCN[C@H]1c1ccccc1.Cl.Cl. The van der Waals surface area contributed by atoms with Crippen LogP contribution in [0.3, 0.4) is 0 Å². The van der Waals surface area contributed by atoms with E-state index in [0.717, 1.165) is 29.8 Å². The summed E-state index contributed by atoms with van der Waals surface area (Å²) in [6.07, 6.45) is 2.31. The molecule has 2 N–H and O–H groups in total. The molecule has 0 saturated carbocycles. The van der Waals surface area contributed by atoms with Crippen LogP contribution in [-0.4, -0.2) is 39.9 Å². The van der Waals surface area contributed by atoms with Gasteiger partial charge in [0, 0.05) is 29.8 Å². The zero-order chi connectivity index (χ0) is 19.3. The van der Waals surface area contributed by atoms with E-state index in [4.69, 9.17) is 4.74 Å². The lowest BCUT2D eigenvalue weighted by Gasteiger charge is -2.34. The predicted molar refractivity (Wildman–Crippen MR) is 122 cm³/mol. The molecule has 1 fully saturated rings. The molecular weight excluding hydrogens is 423 g/mol. The van der Waals surface area contributed by atoms with Crippen LogP contribution < -0.4 is 15.4 Å². The predicted octanol–water partition coefficient (Wildman–Crippen LogP) is 3.31. The van der Waals surface area contributed by atoms with E-state index in [1.54, 1.807) is 14.2 Å². The van der Waals surface area contributed by atoms with Crippen LogP contribution in [0.2, 0.25) is 0 Å². The zero-order valence-corrected chi connectivity index (χ0v) is 18.7. The third-order valence-corrected chi connectivity index (χ3v) is 5.22. The van der Waals surface area contributed by atoms with Crippen molar-refractivity contribution in [1.29, 1.82) is 0 Å². The lowest BCUT2D eigenvalue weighted by Crippen LogP contribution is -2.45. The summed E-state index contributed by atoms with van der Waals surface area (Å²) < 4.78 is 5.58. The number of tetrazole rings is 1. The smallest absolute Gasteiger partial charge is 0.204 e. The second kappa shape index (κ2) is 11.3. The largest absolute Gasteiger partial charge is 0.496 e. The molecule has 1 aliphatic rings. The molecule has 1 aromatic heterocycles. The maximum Gasteiger partial charge on any atom is 0.204 e. The number of rotatable bonds is 6. The number of hydrogen-bond acceptors (Lipinski definition) is 6. The van der Waals surface area contributed by atoms with Crippen LogP contribution in [0.4, 0.5) is 0 Å². The molecule has 30 heavy (non-hydrogen) atoms. The first kappa shape index (κ1) is 24.1. The highest BCUT2D eigenvalue weighted by Gasteiger charge is 2.25. The summed E-state index contributed by atoms with van der Waals surface area (Å²) >= 11 is 0. The van der Waals surface area contributed by atoms with E-state index in [1.807, 2.05) is 12.1 Å². The Morgan fingerprint density at radius 1 is 1.17 bits per heavy atom. The summed E-state index contributed by atoms with van der Waals surface area (Å²) in [5.74, 6) is 1.48. The molecule has 9 heteroatoms. The summed E-state index contributed by atoms with van der Waals surface area (Å²) in [5, 5.41) is 19.8. The van der Waals surface area contributed by atoms with Crippen molar-refractivity contribution in [3.8, 4) is 17.1 Å². The van der Waals surface area contributed by atoms with Gasteiger partial charge >= 0.3 is 0 Å². The van der Waals surface area contributed by atoms with E-state index >= 15 is 0 Å². The third kappa shape index (κ3) is 5.49. The van der Waals surface area contributed by atoms with Crippen molar-refractivity contribution in [1.82, 2.24) is 30.8 Å². The Balaban J connectivity index is 0.00000160. The first-order valence-electron chi connectivity index (χ1n) is 9.67. The molecule has 7 nitrogen and oxygen atoms in total. The molecule has 0 radical (unpaired) electrons. The maximum absolute atomic E-state index is 5.58. The highest BCUT2D eigenvalue weighted by atomic mass is 35.5. The standard InChI is InChI=1S/C21H26N6O.2ClH/c1-27-25-21(24-26-27)16-10-11-19(28-2)17(13-16)14-23-18-9-6-12-22-20(18)15-7-4-3-5-8-15;;/h3-5,7-8,10-11,13,18,20,22-23H,6,9,12,14H2,1-2H3;2*1H/t18-,20-;;/m0../s1. The molecule has 0 aliphatic carbocycles. The van der Waals surface area contributed by atoms with Gasteiger partial charge in [0.25, 0.3) is 0 Å². The molecule has 2 atom stereocenters. The number of ether oxygens (including phenoxy) is 1. The van der Waals surface area contributed by atoms with Crippen molar-refractivity contribution in [3.63, 3.8) is 0 Å². The van der Waals surface area contributed by atoms with Gasteiger partial charge in [-0.25, -0.2) is 0 Å². The van der Waals surface area contributed by atoms with Crippen molar-refractivity contribution >= 4 is 24.8 Å². The first-order chi connectivity index (χ1) is 13.7. The topological polar surface area (TPSA) is 76.9 Å². The van der Waals surface area contributed by atoms with Crippen molar-refractivity contribution in [2.45, 2.75) is 31.5 Å². The molecule has 1 aliphatic heterocycles. The Hall–Kier alpha value is -2.19. The minimum atomic E-state index is 0. The Kier molecular flexibility index (Phi) is 9.05. The fraction of sp³-hybridized carbons (Fsp3) is 0.381. The fourth-order valence-electron chi connectivity index (χ4n) is 3.82. The number of methoxy groups -OCH3 is 1. The Bertz CT molecular complexity index is 921. The van der Waals surface area contributed by atoms with Gasteiger partial charge in [-0.05, 0) is 48.4 Å². The van der Waals surface area contributed by atoms with Crippen LogP contribution >= 0.6 is 24.8 Å². The van der Waals surface area contributed by atoms with Gasteiger partial charge in [-0.1, -0.05) is 30.3 Å². The molecule has 2 heterocycles. The number of piperidine rings is 1. The highest BCUT2D eigenvalue weighted by molar-refractivity contribution is 5.85. The van der Waals surface area contributed by atoms with Crippen LogP contribution in [0, 0.1) is 0 Å². The summed E-state index contributed by atoms with van der Waals surface area (Å²) in [6, 6.07) is 17.3. The number of hydrogen-bond donors (Lipinski definition) is 2. The molecule has 2 aromatic carbocycles. The third-order valence-electron chi connectivity index (χ3n) is 5.22. The van der Waals surface area contributed by atoms with Crippen molar-refractivity contribution in [3.05, 3.63) is 59.7 Å². The minimum absolute atomic E-state index is 0. The number of nitrogens with one attached hydrogen (secondary N) is 2. The van der Waals surface area contributed by atoms with Gasteiger partial charge in [0.1, 0.15) is 5.75 Å². The molecule has 0 unspecified atom stereocenters. The molecule has 3 aromatic rings. The lowest BCUT2D eigenvalue weighted by molar-refractivity contribution is 0.303. The van der Waals surface area contributed by atoms with Crippen LogP contribution in [-0.2, 0) is 13.6 Å². The number of aromatic nitrogens is 4. The summed E-state index contributed by atoms with van der Waals surface area (Å²) in [7, 11) is 3.47. The maximum atomic E-state index is 5.58. The number of nitrogens with zero attached hydrogens (tertiary/aromatic N) is 4. The van der Waals surface area contributed by atoms with Gasteiger partial charge in [-0.15, -0.1) is 35.0 Å². The van der Waals surface area contributed by atoms with Crippen LogP contribution in [0.15, 0.2) is 48.5 Å². The lowest BCUT2D eigenvalue weighted by atomic mass is 9.92. The van der Waals surface area contributed by atoms with E-state index < -0.39 is 0 Å². The number of benzene rings is 2. The Labute approximate surface area is 189 Å². The van der Waals surface area contributed by atoms with Gasteiger partial charge in [0.2, 0.25) is 5.82 Å². The Morgan fingerprint density at radius 2 is 1.97 bits per heavy atom. The van der Waals surface area contributed by atoms with E-state index in [9.17, 15) is 0 Å². The van der Waals surface area contributed by atoms with Crippen molar-refractivity contribution < 1.29 is 4.74 Å². The number of halogens is 2. The van der Waals surface area contributed by atoms with Crippen molar-refractivity contribution in [2.24, 2.45) is 7.05 Å². The van der Waals surface area contributed by atoms with Crippen LogP contribution in [0.1, 0.15) is 30.0 Å². The van der Waals surface area contributed by atoms with Crippen LogP contribution in [0.25, 0.3) is 11.4 Å². The molecule has 4 rings (SSSR count). The molecule has 0 bridgehead atoms. The Morgan fingerprint density at radius 3 is 2.67 bits per heavy atom. The van der Waals surface area contributed by atoms with Gasteiger partial charge in [0.05, 0.1) is 14.2 Å². The van der Waals surface area contributed by atoms with Gasteiger partial charge in [-0.2, -0.15) is 4.80 Å². The second-order valence-corrected chi connectivity index (χ2v) is 7.10. The summed E-state index contributed by atoms with van der Waals surface area (Å²) in [4.78, 5) is 1.47. The fourth-order valence-corrected chi connectivity index (χ4v) is 3.82. The van der Waals surface area contributed by atoms with Crippen molar-refractivity contribution in [2.75, 3.05) is 13.7 Å². The van der Waals surface area contributed by atoms with Gasteiger partial charge in [0.15, 0.2) is 0 Å². The average Bonchev–Trinajstić information content (AvgIpc) is 3.19. The van der Waals surface area contributed by atoms with Gasteiger partial charge < -0.3 is 15.4 Å². The van der Waals surface area contributed by atoms with E-state index in [1.165, 1.54) is 16.8 Å². The minimum Gasteiger partial charge on any atom is -0.496 e. The zero-order valence-electron chi connectivity index (χ0n) is 17.1. The van der Waals surface area contributed by atoms with Crippen LogP contribution in [0.5, 0.6) is 5.75 Å². The first-order valence-corrected chi connectivity index (χ1v) is 9.67. The summed E-state index contributed by atoms with van der Waals surface area (Å²) in [6.45, 7) is 1.77.